The lowest BCUT2D eigenvalue weighted by atomic mass is 9.91. The molecule has 0 bridgehead atoms. The van der Waals surface area contributed by atoms with Crippen LogP contribution in [0.25, 0.3) is 93.6 Å². The quantitative estimate of drug-likeness (QED) is 0.169. The van der Waals surface area contributed by atoms with Crippen molar-refractivity contribution in [3.05, 3.63) is 236 Å². The van der Waals surface area contributed by atoms with Crippen LogP contribution in [0, 0.1) is 0 Å². The van der Waals surface area contributed by atoms with Crippen molar-refractivity contribution in [1.29, 1.82) is 0 Å². The number of fused-ring (bicyclic) bond motifs is 12. The Bertz CT molecular complexity index is 3790. The predicted molar refractivity (Wildman–Crippen MR) is 268 cm³/mol. The van der Waals surface area contributed by atoms with E-state index in [0.29, 0.717) is 0 Å². The Morgan fingerprint density at radius 1 is 0.297 bits per heavy atom. The highest BCUT2D eigenvalue weighted by Gasteiger charge is 2.37. The number of allylic oxidation sites excluding steroid dienone is 2. The number of rotatable bonds is 5. The molecule has 2 aliphatic rings. The molecule has 2 atom stereocenters. The summed E-state index contributed by atoms with van der Waals surface area (Å²) in [6.45, 7) is 0. The molecule has 0 amide bonds. The van der Waals surface area contributed by atoms with E-state index in [-0.39, 0.29) is 12.0 Å². The van der Waals surface area contributed by atoms with Crippen LogP contribution in [0.3, 0.4) is 0 Å². The van der Waals surface area contributed by atoms with Gasteiger partial charge in [-0.05, 0) is 84.4 Å². The van der Waals surface area contributed by atoms with Crippen LogP contribution < -0.4 is 4.90 Å². The maximum Gasteiger partial charge on any atom is 0.0629 e. The molecule has 0 fully saturated rings. The Kier molecular flexibility index (Phi) is 7.48. The van der Waals surface area contributed by atoms with Gasteiger partial charge in [0.05, 0.1) is 50.5 Å². The van der Waals surface area contributed by atoms with Crippen LogP contribution >= 0.6 is 0 Å². The summed E-state index contributed by atoms with van der Waals surface area (Å²) in [5, 5.41) is 7.45. The lowest BCUT2D eigenvalue weighted by Gasteiger charge is -2.30. The van der Waals surface area contributed by atoms with Crippen molar-refractivity contribution in [2.24, 2.45) is 0 Å². The molecule has 300 valence electrons. The Hall–Kier alpha value is -8.34. The van der Waals surface area contributed by atoms with Gasteiger partial charge in [0.15, 0.2) is 0 Å². The molecule has 0 radical (unpaired) electrons. The molecule has 1 aliphatic heterocycles. The van der Waals surface area contributed by atoms with E-state index in [2.05, 4.69) is 249 Å². The van der Waals surface area contributed by atoms with Gasteiger partial charge in [0.25, 0.3) is 0 Å². The van der Waals surface area contributed by atoms with Crippen LogP contribution in [-0.4, -0.2) is 19.7 Å². The van der Waals surface area contributed by atoms with Crippen molar-refractivity contribution in [2.45, 2.75) is 12.0 Å². The predicted octanol–water partition coefficient (Wildman–Crippen LogP) is 15.4. The van der Waals surface area contributed by atoms with Gasteiger partial charge in [-0.1, -0.05) is 152 Å². The van der Waals surface area contributed by atoms with Crippen molar-refractivity contribution in [2.75, 3.05) is 4.90 Å². The van der Waals surface area contributed by atoms with E-state index in [1.54, 1.807) is 0 Å². The molecule has 0 N–H and O–H groups in total. The molecule has 1 aliphatic carbocycles. The smallest absolute Gasteiger partial charge is 0.0629 e. The van der Waals surface area contributed by atoms with E-state index in [1.165, 1.54) is 76.7 Å². The molecule has 14 rings (SSSR count). The second kappa shape index (κ2) is 13.6. The van der Waals surface area contributed by atoms with Gasteiger partial charge < -0.3 is 18.6 Å². The van der Waals surface area contributed by atoms with Crippen LogP contribution in [0.4, 0.5) is 11.4 Å². The Balaban J connectivity index is 1.14. The van der Waals surface area contributed by atoms with Crippen molar-refractivity contribution in [1.82, 2.24) is 13.7 Å². The summed E-state index contributed by atoms with van der Waals surface area (Å²) in [5.74, 6) is 0.272. The van der Waals surface area contributed by atoms with Gasteiger partial charge in [-0.3, -0.25) is 0 Å². The number of aromatic nitrogens is 3. The Morgan fingerprint density at radius 3 is 1.16 bits per heavy atom. The summed E-state index contributed by atoms with van der Waals surface area (Å²) in [7, 11) is 0. The van der Waals surface area contributed by atoms with Gasteiger partial charge in [-0.25, -0.2) is 0 Å². The maximum absolute atomic E-state index is 2.57. The molecule has 2 unspecified atom stereocenters. The molecule has 4 heterocycles. The highest BCUT2D eigenvalue weighted by molar-refractivity contribution is 6.12. The second-order valence-corrected chi connectivity index (χ2v) is 17.2. The third-order valence-electron chi connectivity index (χ3n) is 14.0. The molecule has 9 aromatic carbocycles. The second-order valence-electron chi connectivity index (χ2n) is 17.2. The van der Waals surface area contributed by atoms with E-state index >= 15 is 0 Å². The van der Waals surface area contributed by atoms with Crippen LogP contribution in [0.5, 0.6) is 0 Å². The van der Waals surface area contributed by atoms with E-state index < -0.39 is 0 Å². The summed E-state index contributed by atoms with van der Waals surface area (Å²) in [5.41, 5.74) is 16.5. The van der Waals surface area contributed by atoms with Gasteiger partial charge in [0.1, 0.15) is 0 Å². The van der Waals surface area contributed by atoms with E-state index in [0.717, 1.165) is 33.9 Å². The highest BCUT2D eigenvalue weighted by atomic mass is 15.2. The third kappa shape index (κ3) is 4.93. The summed E-state index contributed by atoms with van der Waals surface area (Å²) < 4.78 is 7.44. The van der Waals surface area contributed by atoms with Crippen LogP contribution in [0.15, 0.2) is 231 Å². The fourth-order valence-electron chi connectivity index (χ4n) is 11.3. The van der Waals surface area contributed by atoms with E-state index in [9.17, 15) is 0 Å². The molecule has 12 aromatic rings. The maximum atomic E-state index is 2.57. The lowest BCUT2D eigenvalue weighted by molar-refractivity contribution is 0.745. The first-order chi connectivity index (χ1) is 31.8. The monoisotopic (exact) mass is 816 g/mol. The molecule has 0 spiro atoms. The molecule has 4 heteroatoms. The molecule has 64 heavy (non-hydrogen) atoms. The summed E-state index contributed by atoms with van der Waals surface area (Å²) in [6.07, 6.45) is 9.16. The fraction of sp³-hybridized carbons (Fsp3) is 0.0333. The minimum absolute atomic E-state index is 0.162. The van der Waals surface area contributed by atoms with Crippen LogP contribution in [0.1, 0.15) is 11.5 Å². The Morgan fingerprint density at radius 2 is 0.672 bits per heavy atom. The number of benzene rings is 9. The zero-order valence-corrected chi connectivity index (χ0v) is 34.9. The fourth-order valence-corrected chi connectivity index (χ4v) is 11.3. The van der Waals surface area contributed by atoms with Gasteiger partial charge in [-0.2, -0.15) is 0 Å². The van der Waals surface area contributed by atoms with Crippen molar-refractivity contribution in [3.63, 3.8) is 0 Å². The largest absolute Gasteiger partial charge is 0.333 e. The van der Waals surface area contributed by atoms with Crippen molar-refractivity contribution < 1.29 is 0 Å². The number of para-hydroxylation sites is 7. The average molecular weight is 817 g/mol. The SMILES string of the molecule is C1=CC2c3ccccc3N(c3ccc(-n4c5ccccc5c5ccccc54)c(-c4cc(-n5c6ccccc6c6ccccc65)ccc4-n4c5ccccc5c5ccccc54)c3)C2C=C1. The zero-order valence-electron chi connectivity index (χ0n) is 34.9. The topological polar surface area (TPSA) is 18.0 Å². The third-order valence-corrected chi connectivity index (χ3v) is 14.0. The van der Waals surface area contributed by atoms with Gasteiger partial charge in [0, 0.05) is 66.4 Å². The lowest BCUT2D eigenvalue weighted by Crippen LogP contribution is -2.28. The molecule has 4 nitrogen and oxygen atoms in total. The number of nitrogens with zero attached hydrogens (tertiary/aromatic N) is 4. The van der Waals surface area contributed by atoms with Crippen LogP contribution in [-0.2, 0) is 0 Å². The summed E-state index contributed by atoms with van der Waals surface area (Å²) in [6, 6.07) is 76.6. The van der Waals surface area contributed by atoms with Crippen LogP contribution in [0.2, 0.25) is 0 Å². The normalized spacial score (nSPS) is 15.7. The summed E-state index contributed by atoms with van der Waals surface area (Å²) in [4.78, 5) is 2.57. The van der Waals surface area contributed by atoms with Gasteiger partial charge in [-0.15, -0.1) is 0 Å². The highest BCUT2D eigenvalue weighted by Crippen LogP contribution is 2.50. The molecule has 0 saturated carbocycles. The summed E-state index contributed by atoms with van der Waals surface area (Å²) >= 11 is 0. The average Bonchev–Trinajstić information content (AvgIpc) is 4.09. The minimum Gasteiger partial charge on any atom is -0.333 e. The van der Waals surface area contributed by atoms with E-state index in [1.807, 2.05) is 0 Å². The first-order valence-corrected chi connectivity index (χ1v) is 22.3. The van der Waals surface area contributed by atoms with E-state index in [4.69, 9.17) is 0 Å². The molecular formula is C60H40N4. The molecule has 3 aromatic heterocycles. The van der Waals surface area contributed by atoms with Crippen molar-refractivity contribution in [3.8, 4) is 28.2 Å². The van der Waals surface area contributed by atoms with Crippen molar-refractivity contribution >= 4 is 76.8 Å². The molecular weight excluding hydrogens is 777 g/mol. The van der Waals surface area contributed by atoms with Gasteiger partial charge in [0.2, 0.25) is 0 Å². The minimum atomic E-state index is 0.162. The first kappa shape index (κ1) is 35.3. The first-order valence-electron chi connectivity index (χ1n) is 22.3. The molecule has 0 saturated heterocycles. The zero-order chi connectivity index (χ0) is 41.9. The van der Waals surface area contributed by atoms with Gasteiger partial charge >= 0.3 is 0 Å². The number of hydrogen-bond donors (Lipinski definition) is 0. The standard InChI is InChI=1S/C60H40N4/c1-9-25-51-41(17-1)42-18-2-10-26-52(42)61(51)39-33-35-59(63-55-29-13-5-21-45(55)46-22-6-14-30-56(46)63)49(37-39)50-38-40(62-53-27-11-3-19-43(53)44-20-4-12-28-54(44)62)34-36-60(50)64-57-31-15-7-23-47(57)48-24-8-16-32-58(48)64/h1-38,41,51H. The Labute approximate surface area is 370 Å². The number of hydrogen-bond acceptors (Lipinski definition) is 1. The number of anilines is 2.